The number of rotatable bonds is 9. The van der Waals surface area contributed by atoms with Gasteiger partial charge in [0.2, 0.25) is 5.91 Å². The smallest absolute Gasteiger partial charge is 0.220 e. The van der Waals surface area contributed by atoms with Crippen molar-refractivity contribution in [3.8, 4) is 0 Å². The van der Waals surface area contributed by atoms with Crippen LogP contribution in [0.3, 0.4) is 0 Å². The lowest BCUT2D eigenvalue weighted by molar-refractivity contribution is -0.123. The number of ether oxygens (including phenoxy) is 1. The third kappa shape index (κ3) is 6.75. The Hall–Kier alpha value is -0.690. The molecule has 0 aliphatic carbocycles. The Bertz CT molecular complexity index is 464. The van der Waals surface area contributed by atoms with E-state index in [9.17, 15) is 4.79 Å². The fraction of sp³-hybridized carbons (Fsp3) is 0.588. The van der Waals surface area contributed by atoms with Crippen molar-refractivity contribution in [1.29, 1.82) is 0 Å². The number of carbonyl (C=O) groups excluding carboxylic acids is 1. The molecule has 0 bridgehead atoms. The van der Waals surface area contributed by atoms with Crippen molar-refractivity contribution in [3.63, 3.8) is 0 Å². The summed E-state index contributed by atoms with van der Waals surface area (Å²) in [5.41, 5.74) is -0.295. The molecule has 4 nitrogen and oxygen atoms in total. The van der Waals surface area contributed by atoms with Crippen molar-refractivity contribution in [2.75, 3.05) is 37.0 Å². The van der Waals surface area contributed by atoms with E-state index < -0.39 is 0 Å². The van der Waals surface area contributed by atoms with E-state index in [-0.39, 0.29) is 18.1 Å². The fourth-order valence-electron chi connectivity index (χ4n) is 2.50. The van der Waals surface area contributed by atoms with Gasteiger partial charge in [0.25, 0.3) is 0 Å². The highest BCUT2D eigenvalue weighted by atomic mass is 32.2. The predicted octanol–water partition coefficient (Wildman–Crippen LogP) is 2.56. The van der Waals surface area contributed by atoms with E-state index in [1.807, 2.05) is 30.0 Å². The molecule has 0 saturated carbocycles. The summed E-state index contributed by atoms with van der Waals surface area (Å²) in [6, 6.07) is 10.1. The van der Waals surface area contributed by atoms with Crippen molar-refractivity contribution >= 4 is 29.4 Å². The molecule has 2 rings (SSSR count). The van der Waals surface area contributed by atoms with Gasteiger partial charge in [-0.15, -0.1) is 11.8 Å². The lowest BCUT2D eigenvalue weighted by atomic mass is 9.96. The topological polar surface area (TPSA) is 58.6 Å². The molecule has 1 aromatic rings. The Balaban J connectivity index is 1.70. The molecule has 0 spiro atoms. The van der Waals surface area contributed by atoms with Crippen LogP contribution < -0.4 is 5.32 Å². The summed E-state index contributed by atoms with van der Waals surface area (Å²) in [6.07, 6.45) is 2.36. The number of thioether (sulfide) groups is 2. The zero-order valence-corrected chi connectivity index (χ0v) is 15.0. The van der Waals surface area contributed by atoms with Gasteiger partial charge in [0, 0.05) is 23.6 Å². The lowest BCUT2D eigenvalue weighted by Gasteiger charge is -2.37. The first-order valence-electron chi connectivity index (χ1n) is 8.01. The Morgan fingerprint density at radius 2 is 2.04 bits per heavy atom. The van der Waals surface area contributed by atoms with E-state index in [4.69, 9.17) is 9.84 Å². The van der Waals surface area contributed by atoms with Gasteiger partial charge in [0.15, 0.2) is 0 Å². The van der Waals surface area contributed by atoms with Gasteiger partial charge in [-0.3, -0.25) is 4.79 Å². The summed E-state index contributed by atoms with van der Waals surface area (Å²) in [4.78, 5) is 13.2. The molecule has 1 aliphatic heterocycles. The van der Waals surface area contributed by atoms with Gasteiger partial charge in [-0.1, -0.05) is 18.2 Å². The number of benzene rings is 1. The second kappa shape index (κ2) is 10.2. The van der Waals surface area contributed by atoms with Crippen molar-refractivity contribution in [3.05, 3.63) is 30.3 Å². The Labute approximate surface area is 146 Å². The Kier molecular flexibility index (Phi) is 8.30. The van der Waals surface area contributed by atoms with Crippen molar-refractivity contribution in [2.24, 2.45) is 0 Å². The number of aliphatic hydroxyl groups is 1. The molecule has 1 heterocycles. The molecule has 0 atom stereocenters. The minimum absolute atomic E-state index is 0.0244. The van der Waals surface area contributed by atoms with Gasteiger partial charge in [0.05, 0.1) is 18.8 Å². The summed E-state index contributed by atoms with van der Waals surface area (Å²) in [5, 5.41) is 12.0. The first kappa shape index (κ1) is 18.6. The zero-order valence-electron chi connectivity index (χ0n) is 13.3. The molecule has 2 N–H and O–H groups in total. The van der Waals surface area contributed by atoms with Crippen LogP contribution in [0.2, 0.25) is 0 Å². The zero-order chi connectivity index (χ0) is 16.4. The van der Waals surface area contributed by atoms with Crippen LogP contribution in [0.5, 0.6) is 0 Å². The van der Waals surface area contributed by atoms with Gasteiger partial charge in [-0.2, -0.15) is 11.8 Å². The molecule has 1 amide bonds. The molecule has 1 saturated heterocycles. The van der Waals surface area contributed by atoms with E-state index in [0.717, 1.165) is 30.1 Å². The van der Waals surface area contributed by atoms with Crippen LogP contribution in [0, 0.1) is 0 Å². The quantitative estimate of drug-likeness (QED) is 0.667. The maximum atomic E-state index is 12.1. The first-order valence-corrected chi connectivity index (χ1v) is 10.2. The van der Waals surface area contributed by atoms with Crippen LogP contribution >= 0.6 is 23.5 Å². The molecule has 6 heteroatoms. The molecule has 1 aliphatic rings. The highest BCUT2D eigenvalue weighted by molar-refractivity contribution is 7.99. The fourth-order valence-corrected chi connectivity index (χ4v) is 4.61. The van der Waals surface area contributed by atoms with Gasteiger partial charge < -0.3 is 15.2 Å². The SMILES string of the molecule is O=C(CCSc1ccccc1)NCC1(OCCO)CCSCC1. The van der Waals surface area contributed by atoms with Crippen LogP contribution in [0.4, 0.5) is 0 Å². The van der Waals surface area contributed by atoms with E-state index >= 15 is 0 Å². The molecular formula is C17H25NO3S2. The van der Waals surface area contributed by atoms with Gasteiger partial charge in [0.1, 0.15) is 0 Å². The molecular weight excluding hydrogens is 330 g/mol. The third-order valence-corrected chi connectivity index (χ3v) is 5.85. The highest BCUT2D eigenvalue weighted by Gasteiger charge is 2.33. The van der Waals surface area contributed by atoms with Crippen molar-refractivity contribution in [2.45, 2.75) is 29.8 Å². The molecule has 0 unspecified atom stereocenters. The Morgan fingerprint density at radius 3 is 2.74 bits per heavy atom. The molecule has 0 radical (unpaired) electrons. The van der Waals surface area contributed by atoms with E-state index in [1.165, 1.54) is 4.90 Å². The predicted molar refractivity (Wildman–Crippen MR) is 97.1 cm³/mol. The van der Waals surface area contributed by atoms with Gasteiger partial charge in [-0.25, -0.2) is 0 Å². The van der Waals surface area contributed by atoms with E-state index in [1.54, 1.807) is 11.8 Å². The van der Waals surface area contributed by atoms with Gasteiger partial charge >= 0.3 is 0 Å². The van der Waals surface area contributed by atoms with Crippen molar-refractivity contribution in [1.82, 2.24) is 5.32 Å². The number of nitrogens with one attached hydrogen (secondary N) is 1. The second-order valence-electron chi connectivity index (χ2n) is 5.56. The Morgan fingerprint density at radius 1 is 1.30 bits per heavy atom. The number of hydrogen-bond acceptors (Lipinski definition) is 5. The summed E-state index contributed by atoms with van der Waals surface area (Å²) in [6.45, 7) is 0.906. The molecule has 1 aromatic carbocycles. The number of aliphatic hydroxyl groups excluding tert-OH is 1. The number of carbonyl (C=O) groups is 1. The lowest BCUT2D eigenvalue weighted by Crippen LogP contribution is -2.48. The van der Waals surface area contributed by atoms with Crippen LogP contribution in [-0.2, 0) is 9.53 Å². The molecule has 0 aromatic heterocycles. The molecule has 23 heavy (non-hydrogen) atoms. The van der Waals surface area contributed by atoms with E-state index in [2.05, 4.69) is 17.4 Å². The largest absolute Gasteiger partial charge is 0.394 e. The average Bonchev–Trinajstić information content (AvgIpc) is 2.60. The minimum atomic E-state index is -0.295. The summed E-state index contributed by atoms with van der Waals surface area (Å²) < 4.78 is 5.86. The molecule has 128 valence electrons. The second-order valence-corrected chi connectivity index (χ2v) is 7.95. The number of amides is 1. The van der Waals surface area contributed by atoms with Crippen LogP contribution in [0.1, 0.15) is 19.3 Å². The molecule has 1 fully saturated rings. The maximum absolute atomic E-state index is 12.1. The van der Waals surface area contributed by atoms with Gasteiger partial charge in [-0.05, 0) is 36.5 Å². The third-order valence-electron chi connectivity index (χ3n) is 3.85. The van der Waals surface area contributed by atoms with E-state index in [0.29, 0.717) is 19.6 Å². The standard InChI is InChI=1S/C17H25NO3S2/c19-9-10-21-17(7-12-22-13-8-17)14-18-16(20)6-11-23-15-4-2-1-3-5-15/h1-5,19H,6-14H2,(H,18,20). The highest BCUT2D eigenvalue weighted by Crippen LogP contribution is 2.30. The van der Waals surface area contributed by atoms with Crippen LogP contribution in [-0.4, -0.2) is 53.6 Å². The summed E-state index contributed by atoms with van der Waals surface area (Å²) >= 11 is 3.61. The minimum Gasteiger partial charge on any atom is -0.394 e. The summed E-state index contributed by atoms with van der Waals surface area (Å²) in [7, 11) is 0. The average molecular weight is 356 g/mol. The monoisotopic (exact) mass is 355 g/mol. The van der Waals surface area contributed by atoms with Crippen LogP contribution in [0.25, 0.3) is 0 Å². The summed E-state index contributed by atoms with van der Waals surface area (Å²) in [5.74, 6) is 2.94. The van der Waals surface area contributed by atoms with Crippen molar-refractivity contribution < 1.29 is 14.6 Å². The number of hydrogen-bond donors (Lipinski definition) is 2. The normalized spacial score (nSPS) is 16.9. The maximum Gasteiger partial charge on any atom is 0.220 e. The van der Waals surface area contributed by atoms with Crippen LogP contribution in [0.15, 0.2) is 35.2 Å². The first-order chi connectivity index (χ1) is 11.2.